The first kappa shape index (κ1) is 29.7. The Kier molecular flexibility index (Phi) is 10.0. The molecule has 0 heterocycles. The molecule has 0 aliphatic heterocycles. The number of carbonyl (C=O) groups excluding carboxylic acids is 2. The molecule has 0 radical (unpaired) electrons. The summed E-state index contributed by atoms with van der Waals surface area (Å²) in [6, 6.07) is 7.89. The Morgan fingerprint density at radius 3 is 2.31 bits per heavy atom. The average molecular weight is 568 g/mol. The summed E-state index contributed by atoms with van der Waals surface area (Å²) >= 11 is 12.0. The molecule has 36 heavy (non-hydrogen) atoms. The maximum atomic E-state index is 13.1. The molecule has 1 atom stereocenters. The van der Waals surface area contributed by atoms with E-state index in [0.717, 1.165) is 28.8 Å². The van der Waals surface area contributed by atoms with Crippen molar-refractivity contribution in [2.24, 2.45) is 0 Å². The molecular weight excluding hydrogens is 542 g/mol. The van der Waals surface area contributed by atoms with Crippen LogP contribution in [0.5, 0.6) is 0 Å². The van der Waals surface area contributed by atoms with Gasteiger partial charge in [0.1, 0.15) is 6.04 Å². The van der Waals surface area contributed by atoms with Gasteiger partial charge in [-0.1, -0.05) is 35.3 Å². The molecule has 1 N–H and O–H groups in total. The maximum absolute atomic E-state index is 13.1. The summed E-state index contributed by atoms with van der Waals surface area (Å²) in [4.78, 5) is 26.6. The van der Waals surface area contributed by atoms with Crippen molar-refractivity contribution in [1.82, 2.24) is 10.2 Å². The Morgan fingerprint density at radius 2 is 1.75 bits per heavy atom. The van der Waals surface area contributed by atoms with Gasteiger partial charge in [0, 0.05) is 26.6 Å². The first-order valence-corrected chi connectivity index (χ1v) is 13.4. The normalized spacial score (nSPS) is 12.7. The molecule has 0 fully saturated rings. The molecule has 2 rings (SSSR count). The van der Waals surface area contributed by atoms with E-state index in [-0.39, 0.29) is 36.6 Å². The molecular formula is C23H26Cl2F3N3O4S. The van der Waals surface area contributed by atoms with Gasteiger partial charge in [0.15, 0.2) is 0 Å². The number of alkyl halides is 3. The van der Waals surface area contributed by atoms with Crippen molar-refractivity contribution in [3.63, 3.8) is 0 Å². The number of rotatable bonds is 10. The van der Waals surface area contributed by atoms with Crippen LogP contribution in [-0.2, 0) is 32.3 Å². The largest absolute Gasteiger partial charge is 0.416 e. The zero-order valence-electron chi connectivity index (χ0n) is 19.8. The van der Waals surface area contributed by atoms with Gasteiger partial charge in [-0.05, 0) is 49.2 Å². The van der Waals surface area contributed by atoms with Crippen LogP contribution in [-0.4, -0.2) is 51.0 Å². The molecule has 2 amide bonds. The molecule has 1 unspecified atom stereocenters. The number of nitrogens with one attached hydrogen (secondary N) is 1. The summed E-state index contributed by atoms with van der Waals surface area (Å²) < 4.78 is 64.8. The van der Waals surface area contributed by atoms with E-state index in [1.807, 2.05) is 0 Å². The number of halogens is 5. The van der Waals surface area contributed by atoms with E-state index in [2.05, 4.69) is 5.32 Å². The maximum Gasteiger partial charge on any atom is 0.416 e. The van der Waals surface area contributed by atoms with Crippen molar-refractivity contribution in [3.05, 3.63) is 63.6 Å². The van der Waals surface area contributed by atoms with Gasteiger partial charge in [0.05, 0.1) is 27.6 Å². The van der Waals surface area contributed by atoms with Crippen LogP contribution in [0.4, 0.5) is 18.9 Å². The van der Waals surface area contributed by atoms with E-state index in [9.17, 15) is 31.2 Å². The van der Waals surface area contributed by atoms with E-state index >= 15 is 0 Å². The Bertz CT molecular complexity index is 1210. The van der Waals surface area contributed by atoms with E-state index in [1.54, 1.807) is 25.1 Å². The number of sulfonamides is 1. The average Bonchev–Trinajstić information content (AvgIpc) is 2.80. The first-order valence-electron chi connectivity index (χ1n) is 10.7. The van der Waals surface area contributed by atoms with Crippen LogP contribution in [0.3, 0.4) is 0 Å². The number of likely N-dealkylation sites (N-methyl/N-ethyl adjacent to an activating group) is 1. The number of nitrogens with zero attached hydrogens (tertiary/aromatic N) is 2. The van der Waals surface area contributed by atoms with Gasteiger partial charge >= 0.3 is 6.18 Å². The lowest BCUT2D eigenvalue weighted by atomic mass is 10.1. The van der Waals surface area contributed by atoms with Crippen LogP contribution in [0.2, 0.25) is 10.0 Å². The van der Waals surface area contributed by atoms with Crippen molar-refractivity contribution in [2.45, 2.75) is 38.5 Å². The first-order chi connectivity index (χ1) is 16.6. The Morgan fingerprint density at radius 1 is 1.08 bits per heavy atom. The second kappa shape index (κ2) is 12.2. The highest BCUT2D eigenvalue weighted by atomic mass is 35.5. The van der Waals surface area contributed by atoms with Gasteiger partial charge in [-0.25, -0.2) is 8.42 Å². The van der Waals surface area contributed by atoms with E-state index in [4.69, 9.17) is 23.2 Å². The van der Waals surface area contributed by atoms with Crippen LogP contribution in [0, 0.1) is 0 Å². The second-order valence-electron chi connectivity index (χ2n) is 8.05. The Hall–Kier alpha value is -2.50. The molecule has 0 saturated heterocycles. The van der Waals surface area contributed by atoms with Gasteiger partial charge in [-0.3, -0.25) is 13.9 Å². The fraction of sp³-hybridized carbons (Fsp3) is 0.391. The van der Waals surface area contributed by atoms with E-state index in [0.29, 0.717) is 10.6 Å². The molecule has 2 aromatic carbocycles. The van der Waals surface area contributed by atoms with Crippen molar-refractivity contribution < 1.29 is 31.2 Å². The van der Waals surface area contributed by atoms with Gasteiger partial charge < -0.3 is 10.2 Å². The Labute approximate surface area is 218 Å². The molecule has 7 nitrogen and oxygen atoms in total. The van der Waals surface area contributed by atoms with Crippen molar-refractivity contribution in [1.29, 1.82) is 0 Å². The smallest absolute Gasteiger partial charge is 0.357 e. The zero-order chi connectivity index (χ0) is 27.3. The third kappa shape index (κ3) is 8.01. The lowest BCUT2D eigenvalue weighted by Gasteiger charge is -2.29. The molecule has 2 aromatic rings. The minimum Gasteiger partial charge on any atom is -0.357 e. The molecule has 13 heteroatoms. The van der Waals surface area contributed by atoms with Crippen LogP contribution in [0.1, 0.15) is 30.9 Å². The summed E-state index contributed by atoms with van der Waals surface area (Å²) in [7, 11) is -2.51. The van der Waals surface area contributed by atoms with E-state index in [1.165, 1.54) is 18.0 Å². The number of amides is 2. The molecule has 0 spiro atoms. The highest BCUT2D eigenvalue weighted by molar-refractivity contribution is 7.92. The molecule has 0 aliphatic carbocycles. The van der Waals surface area contributed by atoms with Crippen LogP contribution < -0.4 is 9.62 Å². The molecule has 0 aliphatic rings. The monoisotopic (exact) mass is 567 g/mol. The standard InChI is InChI=1S/C23H26Cl2F3N3O4S/c1-15(22(33)29-2)30(14-16-9-10-19(24)20(25)12-16)21(32)8-5-11-31(36(3,34)35)18-7-4-6-17(13-18)23(26,27)28/h4,6-7,9-10,12-13,15H,5,8,11,14H2,1-3H3,(H,29,33). The Balaban J connectivity index is 2.21. The van der Waals surface area contributed by atoms with Gasteiger partial charge in [0.25, 0.3) is 0 Å². The SMILES string of the molecule is CNC(=O)C(C)N(Cc1ccc(Cl)c(Cl)c1)C(=O)CCCN(c1cccc(C(F)(F)F)c1)S(C)(=O)=O. The quantitative estimate of drug-likeness (QED) is 0.450. The lowest BCUT2D eigenvalue weighted by molar-refractivity contribution is -0.140. The van der Waals surface area contributed by atoms with E-state index < -0.39 is 39.6 Å². The number of hydrogen-bond donors (Lipinski definition) is 1. The van der Waals surface area contributed by atoms with Gasteiger partial charge in [-0.2, -0.15) is 13.2 Å². The summed E-state index contributed by atoms with van der Waals surface area (Å²) in [6.07, 6.45) is -3.93. The topological polar surface area (TPSA) is 86.8 Å². The lowest BCUT2D eigenvalue weighted by Crippen LogP contribution is -2.46. The summed E-state index contributed by atoms with van der Waals surface area (Å²) in [5.74, 6) is -0.861. The van der Waals surface area contributed by atoms with Gasteiger partial charge in [-0.15, -0.1) is 0 Å². The summed E-state index contributed by atoms with van der Waals surface area (Å²) in [6.45, 7) is 1.34. The van der Waals surface area contributed by atoms with Crippen LogP contribution >= 0.6 is 23.2 Å². The van der Waals surface area contributed by atoms with Crippen molar-refractivity contribution in [3.8, 4) is 0 Å². The third-order valence-electron chi connectivity index (χ3n) is 5.36. The zero-order valence-corrected chi connectivity index (χ0v) is 22.1. The van der Waals surface area contributed by atoms with Crippen molar-refractivity contribution in [2.75, 3.05) is 24.2 Å². The molecule has 0 bridgehead atoms. The predicted molar refractivity (Wildman–Crippen MR) is 133 cm³/mol. The minimum absolute atomic E-state index is 0.000483. The summed E-state index contributed by atoms with van der Waals surface area (Å²) in [5.41, 5.74) is -0.529. The van der Waals surface area contributed by atoms with Crippen LogP contribution in [0.25, 0.3) is 0 Å². The fourth-order valence-corrected chi connectivity index (χ4v) is 4.75. The number of benzene rings is 2. The number of carbonyl (C=O) groups is 2. The predicted octanol–water partition coefficient (Wildman–Crippen LogP) is 4.72. The number of anilines is 1. The van der Waals surface area contributed by atoms with Gasteiger partial charge in [0.2, 0.25) is 21.8 Å². The highest BCUT2D eigenvalue weighted by Gasteiger charge is 2.32. The number of hydrogen-bond acceptors (Lipinski definition) is 4. The summed E-state index contributed by atoms with van der Waals surface area (Å²) in [5, 5.41) is 3.08. The van der Waals surface area contributed by atoms with Crippen molar-refractivity contribution >= 4 is 50.7 Å². The molecule has 0 aromatic heterocycles. The highest BCUT2D eigenvalue weighted by Crippen LogP contribution is 2.32. The second-order valence-corrected chi connectivity index (χ2v) is 10.8. The molecule has 0 saturated carbocycles. The molecule has 198 valence electrons. The minimum atomic E-state index is -4.64. The fourth-order valence-electron chi connectivity index (χ4n) is 3.47. The third-order valence-corrected chi connectivity index (χ3v) is 7.30. The van der Waals surface area contributed by atoms with Crippen LogP contribution in [0.15, 0.2) is 42.5 Å².